The van der Waals surface area contributed by atoms with E-state index < -0.39 is 0 Å². The van der Waals surface area contributed by atoms with Crippen molar-refractivity contribution in [1.29, 1.82) is 0 Å². The molecule has 0 N–H and O–H groups in total. The third kappa shape index (κ3) is 3.14. The van der Waals surface area contributed by atoms with Crippen molar-refractivity contribution in [3.63, 3.8) is 0 Å². The number of nitrogens with zero attached hydrogens (tertiary/aromatic N) is 2. The fourth-order valence-electron chi connectivity index (χ4n) is 3.53. The fourth-order valence-corrected chi connectivity index (χ4v) is 4.18. The summed E-state index contributed by atoms with van der Waals surface area (Å²) in [6.07, 6.45) is 9.73. The van der Waals surface area contributed by atoms with Crippen molar-refractivity contribution in [2.75, 3.05) is 0 Å². The van der Waals surface area contributed by atoms with E-state index in [4.69, 9.17) is 0 Å². The molecule has 1 aliphatic rings. The van der Waals surface area contributed by atoms with Crippen LogP contribution in [0.3, 0.4) is 0 Å². The number of hydrogen-bond acceptors (Lipinski definition) is 0. The summed E-state index contributed by atoms with van der Waals surface area (Å²) in [5, 5.41) is 0. The second kappa shape index (κ2) is 6.70. The first-order valence-electron chi connectivity index (χ1n) is 7.40. The van der Waals surface area contributed by atoms with Crippen LogP contribution in [0.25, 0.3) is 5.69 Å². The van der Waals surface area contributed by atoms with Gasteiger partial charge in [0.2, 0.25) is 0 Å². The monoisotopic (exact) mass is 397 g/mol. The molecule has 0 amide bonds. The van der Waals surface area contributed by atoms with Crippen LogP contribution in [0, 0.1) is 24.4 Å². The van der Waals surface area contributed by atoms with Gasteiger partial charge in [0, 0.05) is 0 Å². The van der Waals surface area contributed by atoms with Gasteiger partial charge in [-0.05, 0) is 0 Å². The van der Waals surface area contributed by atoms with Gasteiger partial charge >= 0.3 is 133 Å². The van der Waals surface area contributed by atoms with Gasteiger partial charge in [0.1, 0.15) is 0 Å². The Labute approximate surface area is 145 Å². The second-order valence-electron chi connectivity index (χ2n) is 6.00. The molecule has 0 saturated heterocycles. The molecule has 1 aromatic carbocycles. The summed E-state index contributed by atoms with van der Waals surface area (Å²) in [5.74, 6) is 0. The number of benzene rings is 1. The first-order chi connectivity index (χ1) is 9.58. The Morgan fingerprint density at radius 2 is 1.57 bits per heavy atom. The molecule has 0 bridgehead atoms. The summed E-state index contributed by atoms with van der Waals surface area (Å²) < 4.78 is 5.84. The Balaban J connectivity index is 0.00000161. The first-order valence-corrected chi connectivity index (χ1v) is 8.14. The van der Waals surface area contributed by atoms with Gasteiger partial charge in [0.25, 0.3) is 0 Å². The van der Waals surface area contributed by atoms with Crippen molar-refractivity contribution < 1.29 is 20.6 Å². The molecular formula is C17H23AgClN2. The standard InChI is InChI=1S/C17H22N2.Ag.ClH/c1-13-10-14(2)17(15(3)11-13)19-9-8-18(12-19)16-6-4-5-7-16;;/h8-11,16H,4-7H2,1-3H3;;1H. The molecule has 0 spiro atoms. The van der Waals surface area contributed by atoms with Gasteiger partial charge in [-0.15, -0.1) is 12.4 Å². The van der Waals surface area contributed by atoms with Crippen molar-refractivity contribution in [3.8, 4) is 5.69 Å². The molecule has 2 aromatic rings. The Kier molecular flexibility index (Phi) is 5.37. The van der Waals surface area contributed by atoms with E-state index in [1.165, 1.54) is 48.1 Å². The molecule has 1 fully saturated rings. The molecule has 119 valence electrons. The van der Waals surface area contributed by atoms with E-state index >= 15 is 0 Å². The van der Waals surface area contributed by atoms with E-state index in [0.29, 0.717) is 6.04 Å². The summed E-state index contributed by atoms with van der Waals surface area (Å²) in [6, 6.07) is 5.18. The van der Waals surface area contributed by atoms with Crippen LogP contribution in [0.2, 0.25) is 0 Å². The zero-order valence-electron chi connectivity index (χ0n) is 12.8. The van der Waals surface area contributed by atoms with Crippen LogP contribution >= 0.6 is 12.4 Å². The van der Waals surface area contributed by atoms with Crippen LogP contribution in [-0.2, 0) is 20.6 Å². The number of imidazole rings is 1. The Morgan fingerprint density at radius 1 is 1.00 bits per heavy atom. The van der Waals surface area contributed by atoms with Crippen LogP contribution in [0.15, 0.2) is 24.5 Å². The Bertz CT molecular complexity index is 670. The molecule has 0 aliphatic heterocycles. The van der Waals surface area contributed by atoms with E-state index in [1.54, 1.807) is 0 Å². The summed E-state index contributed by atoms with van der Waals surface area (Å²) >= 11 is 3.83. The third-order valence-electron chi connectivity index (χ3n) is 4.34. The zero-order chi connectivity index (χ0) is 14.3. The van der Waals surface area contributed by atoms with Crippen LogP contribution in [0.1, 0.15) is 48.4 Å². The van der Waals surface area contributed by atoms with E-state index in [1.807, 2.05) is 0 Å². The van der Waals surface area contributed by atoms with Crippen LogP contribution in [0.5, 0.6) is 0 Å². The van der Waals surface area contributed by atoms with Gasteiger partial charge in [-0.1, -0.05) is 0 Å². The van der Waals surface area contributed by atoms with E-state index in [2.05, 4.69) is 75.0 Å². The van der Waals surface area contributed by atoms with E-state index in [-0.39, 0.29) is 12.4 Å². The topological polar surface area (TPSA) is 9.86 Å². The molecule has 0 radical (unpaired) electrons. The quantitative estimate of drug-likeness (QED) is 0.642. The van der Waals surface area contributed by atoms with Crippen molar-refractivity contribution in [2.24, 2.45) is 0 Å². The Hall–Kier alpha value is -0.540. The molecule has 21 heavy (non-hydrogen) atoms. The second-order valence-corrected chi connectivity index (χ2v) is 6.66. The molecule has 1 heterocycles. The van der Waals surface area contributed by atoms with Gasteiger partial charge in [0.05, 0.1) is 0 Å². The third-order valence-corrected chi connectivity index (χ3v) is 5.08. The van der Waals surface area contributed by atoms with Crippen LogP contribution in [0.4, 0.5) is 0 Å². The zero-order valence-corrected chi connectivity index (χ0v) is 15.1. The average Bonchev–Trinajstić information content (AvgIpc) is 2.99. The minimum absolute atomic E-state index is 0. The summed E-state index contributed by atoms with van der Waals surface area (Å²) in [7, 11) is 0. The van der Waals surface area contributed by atoms with Gasteiger partial charge in [-0.2, -0.15) is 0 Å². The van der Waals surface area contributed by atoms with Crippen molar-refractivity contribution in [2.45, 2.75) is 52.5 Å². The summed E-state index contributed by atoms with van der Waals surface area (Å²) in [5.41, 5.74) is 5.29. The maximum absolute atomic E-state index is 3.83. The smallest absolute Gasteiger partial charge is 0.147 e. The molecule has 4 heteroatoms. The fraction of sp³-hybridized carbons (Fsp3) is 0.471. The van der Waals surface area contributed by atoms with Crippen molar-refractivity contribution in [3.05, 3.63) is 44.8 Å². The van der Waals surface area contributed by atoms with E-state index in [9.17, 15) is 0 Å². The molecular weight excluding hydrogens is 376 g/mol. The predicted octanol–water partition coefficient (Wildman–Crippen LogP) is 4.82. The minimum atomic E-state index is 0. The average molecular weight is 399 g/mol. The molecule has 3 rings (SSSR count). The van der Waals surface area contributed by atoms with Crippen LogP contribution < -0.4 is 0 Å². The normalized spacial score (nSPS) is 15.3. The van der Waals surface area contributed by atoms with Gasteiger partial charge < -0.3 is 0 Å². The summed E-state index contributed by atoms with van der Waals surface area (Å²) in [4.78, 5) is 0. The summed E-state index contributed by atoms with van der Waals surface area (Å²) in [6.45, 7) is 6.55. The molecule has 0 atom stereocenters. The number of aromatic nitrogens is 2. The predicted molar refractivity (Wildman–Crippen MR) is 86.0 cm³/mol. The number of halogens is 1. The maximum atomic E-state index is 3.83. The van der Waals surface area contributed by atoms with Gasteiger partial charge in [-0.3, -0.25) is 0 Å². The molecule has 2 nitrogen and oxygen atoms in total. The number of hydrogen-bond donors (Lipinski definition) is 0. The number of aryl methyl sites for hydroxylation is 3. The SMILES string of the molecule is Cc1cc(C)c(-n2ccn(C3CCCC3)[c]2=[Ag])c(C)c1.Cl. The molecule has 1 aliphatic carbocycles. The molecule has 1 aromatic heterocycles. The van der Waals surface area contributed by atoms with Crippen molar-refractivity contribution >= 4 is 12.4 Å². The largest absolute Gasteiger partial charge is 0.147 e. The number of rotatable bonds is 2. The Morgan fingerprint density at radius 3 is 2.14 bits per heavy atom. The van der Waals surface area contributed by atoms with E-state index in [0.717, 1.165) is 3.63 Å². The van der Waals surface area contributed by atoms with Gasteiger partial charge in [0.15, 0.2) is 0 Å². The molecule has 1 saturated carbocycles. The van der Waals surface area contributed by atoms with Gasteiger partial charge in [-0.25, -0.2) is 0 Å². The van der Waals surface area contributed by atoms with Crippen molar-refractivity contribution in [1.82, 2.24) is 9.13 Å². The minimum Gasteiger partial charge on any atom is -0.147 e. The first kappa shape index (κ1) is 16.8. The van der Waals surface area contributed by atoms with Crippen LogP contribution in [-0.4, -0.2) is 9.13 Å². The molecule has 0 unspecified atom stereocenters. The maximum Gasteiger partial charge on any atom is -0.147 e.